The van der Waals surface area contributed by atoms with E-state index in [0.717, 1.165) is 25.8 Å². The number of hydrogen-bond donors (Lipinski definition) is 3. The van der Waals surface area contributed by atoms with Crippen LogP contribution in [0, 0.1) is 0 Å². The number of nitrogens with zero attached hydrogens (tertiary/aromatic N) is 1. The molecule has 2 aromatic rings. The standard InChI is InChI=1S/C26H37NO3.C2H2O4/c1-27(20-24(28)21-30-25-16-9-4-10-17-25)18-11-19-29-26(22-12-5-2-6-13-22)23-14-7-3-8-15-23;3-1(4)2(5)6/h2-3,5-8,12-15,24-26,28H,4,9-11,16-21H2,1H3;(H,3,4)(H,5,6). The summed E-state index contributed by atoms with van der Waals surface area (Å²) in [6.45, 7) is 2.63. The van der Waals surface area contributed by atoms with Gasteiger partial charge in [0.25, 0.3) is 0 Å². The number of carboxylic acids is 2. The zero-order valence-electron chi connectivity index (χ0n) is 21.0. The molecule has 1 atom stereocenters. The molecule has 8 nitrogen and oxygen atoms in total. The van der Waals surface area contributed by atoms with E-state index in [4.69, 9.17) is 29.3 Å². The number of ether oxygens (including phenoxy) is 2. The summed E-state index contributed by atoms with van der Waals surface area (Å²) in [5, 5.41) is 25.1. The zero-order valence-corrected chi connectivity index (χ0v) is 21.0. The highest BCUT2D eigenvalue weighted by atomic mass is 16.5. The van der Waals surface area contributed by atoms with Gasteiger partial charge in [-0.2, -0.15) is 0 Å². The van der Waals surface area contributed by atoms with Gasteiger partial charge in [-0.25, -0.2) is 9.59 Å². The number of aliphatic hydroxyl groups excluding tert-OH is 1. The topological polar surface area (TPSA) is 117 Å². The highest BCUT2D eigenvalue weighted by Gasteiger charge is 2.17. The Morgan fingerprint density at radius 2 is 1.44 bits per heavy atom. The lowest BCUT2D eigenvalue weighted by molar-refractivity contribution is -0.159. The van der Waals surface area contributed by atoms with E-state index in [9.17, 15) is 5.11 Å². The van der Waals surface area contributed by atoms with E-state index in [1.54, 1.807) is 0 Å². The molecule has 3 rings (SSSR count). The molecular weight excluding hydrogens is 462 g/mol. The molecule has 1 saturated carbocycles. The van der Waals surface area contributed by atoms with Crippen molar-refractivity contribution in [2.24, 2.45) is 0 Å². The predicted octanol–water partition coefficient (Wildman–Crippen LogP) is 3.98. The number of rotatable bonds is 12. The fourth-order valence-electron chi connectivity index (χ4n) is 4.16. The van der Waals surface area contributed by atoms with Crippen LogP contribution in [0.2, 0.25) is 0 Å². The van der Waals surface area contributed by atoms with Crippen molar-refractivity contribution in [2.45, 2.75) is 56.8 Å². The first kappa shape index (κ1) is 29.5. The second-order valence-corrected chi connectivity index (χ2v) is 9.05. The zero-order chi connectivity index (χ0) is 26.2. The highest BCUT2D eigenvalue weighted by Crippen LogP contribution is 2.26. The summed E-state index contributed by atoms with van der Waals surface area (Å²) < 4.78 is 12.2. The summed E-state index contributed by atoms with van der Waals surface area (Å²) in [4.78, 5) is 20.4. The third kappa shape index (κ3) is 11.8. The first-order chi connectivity index (χ1) is 17.4. The van der Waals surface area contributed by atoms with Gasteiger partial charge in [-0.3, -0.25) is 0 Å². The fourth-order valence-corrected chi connectivity index (χ4v) is 4.16. The Hall–Kier alpha value is -2.78. The third-order valence-electron chi connectivity index (χ3n) is 5.96. The highest BCUT2D eigenvalue weighted by molar-refractivity contribution is 6.27. The average Bonchev–Trinajstić information content (AvgIpc) is 2.89. The van der Waals surface area contributed by atoms with E-state index in [0.29, 0.717) is 25.9 Å². The van der Waals surface area contributed by atoms with Crippen molar-refractivity contribution in [1.29, 1.82) is 0 Å². The SMILES string of the molecule is CN(CCCOC(c1ccccc1)c1ccccc1)CC(O)COC1CCCCC1.O=C(O)C(=O)O. The first-order valence-electron chi connectivity index (χ1n) is 12.5. The van der Waals surface area contributed by atoms with E-state index in [-0.39, 0.29) is 6.10 Å². The molecule has 1 fully saturated rings. The van der Waals surface area contributed by atoms with Gasteiger partial charge in [-0.15, -0.1) is 0 Å². The van der Waals surface area contributed by atoms with Gasteiger partial charge in [0, 0.05) is 19.7 Å². The molecule has 0 radical (unpaired) electrons. The molecule has 1 unspecified atom stereocenters. The summed E-state index contributed by atoms with van der Waals surface area (Å²) in [6, 6.07) is 20.8. The molecule has 3 N–H and O–H groups in total. The second kappa shape index (κ2) is 16.8. The van der Waals surface area contributed by atoms with Crippen LogP contribution in [0.4, 0.5) is 0 Å². The van der Waals surface area contributed by atoms with Crippen LogP contribution in [-0.2, 0) is 19.1 Å². The van der Waals surface area contributed by atoms with E-state index in [2.05, 4.69) is 60.5 Å². The van der Waals surface area contributed by atoms with Crippen molar-refractivity contribution >= 4 is 11.9 Å². The van der Waals surface area contributed by atoms with Crippen LogP contribution in [-0.4, -0.2) is 77.7 Å². The lowest BCUT2D eigenvalue weighted by Crippen LogP contribution is -2.34. The van der Waals surface area contributed by atoms with Crippen molar-refractivity contribution < 1.29 is 34.4 Å². The van der Waals surface area contributed by atoms with Gasteiger partial charge in [0.05, 0.1) is 18.8 Å². The minimum atomic E-state index is -1.82. The van der Waals surface area contributed by atoms with Crippen molar-refractivity contribution in [1.82, 2.24) is 4.90 Å². The lowest BCUT2D eigenvalue weighted by Gasteiger charge is -2.25. The maximum absolute atomic E-state index is 10.3. The monoisotopic (exact) mass is 501 g/mol. The number of hydrogen-bond acceptors (Lipinski definition) is 6. The van der Waals surface area contributed by atoms with Gasteiger partial charge in [-0.1, -0.05) is 79.9 Å². The maximum atomic E-state index is 10.3. The van der Waals surface area contributed by atoms with Crippen molar-refractivity contribution in [3.05, 3.63) is 71.8 Å². The fraction of sp³-hybridized carbons (Fsp3) is 0.500. The third-order valence-corrected chi connectivity index (χ3v) is 5.96. The van der Waals surface area contributed by atoms with Crippen molar-refractivity contribution in [3.8, 4) is 0 Å². The molecule has 0 saturated heterocycles. The molecule has 0 spiro atoms. The Morgan fingerprint density at radius 1 is 0.917 bits per heavy atom. The Kier molecular flexibility index (Phi) is 13.8. The van der Waals surface area contributed by atoms with Crippen LogP contribution in [0.15, 0.2) is 60.7 Å². The van der Waals surface area contributed by atoms with Crippen LogP contribution in [0.1, 0.15) is 55.8 Å². The lowest BCUT2D eigenvalue weighted by atomic mass is 9.98. The molecule has 8 heteroatoms. The van der Waals surface area contributed by atoms with E-state index in [1.807, 2.05) is 12.1 Å². The quantitative estimate of drug-likeness (QED) is 0.295. The van der Waals surface area contributed by atoms with Gasteiger partial charge in [0.2, 0.25) is 0 Å². The smallest absolute Gasteiger partial charge is 0.414 e. The Bertz CT molecular complexity index is 820. The Morgan fingerprint density at radius 3 is 1.94 bits per heavy atom. The number of benzene rings is 2. The second-order valence-electron chi connectivity index (χ2n) is 9.05. The van der Waals surface area contributed by atoms with Gasteiger partial charge >= 0.3 is 11.9 Å². The first-order valence-corrected chi connectivity index (χ1v) is 12.5. The molecule has 0 aromatic heterocycles. The number of likely N-dealkylation sites (N-methyl/N-ethyl adjacent to an activating group) is 1. The Labute approximate surface area is 213 Å². The van der Waals surface area contributed by atoms with Gasteiger partial charge in [-0.05, 0) is 37.4 Å². The molecular formula is C28H39NO7. The summed E-state index contributed by atoms with van der Waals surface area (Å²) in [6.07, 6.45) is 6.91. The molecule has 0 heterocycles. The van der Waals surface area contributed by atoms with E-state index >= 15 is 0 Å². The van der Waals surface area contributed by atoms with Crippen LogP contribution >= 0.6 is 0 Å². The summed E-state index contributed by atoms with van der Waals surface area (Å²) in [5.74, 6) is -3.65. The van der Waals surface area contributed by atoms with Crippen LogP contribution < -0.4 is 0 Å². The maximum Gasteiger partial charge on any atom is 0.414 e. The predicted molar refractivity (Wildman–Crippen MR) is 137 cm³/mol. The molecule has 0 aliphatic heterocycles. The van der Waals surface area contributed by atoms with Gasteiger partial charge < -0.3 is 29.7 Å². The van der Waals surface area contributed by atoms with Gasteiger partial charge in [0.15, 0.2) is 0 Å². The number of aliphatic carboxylic acids is 2. The Balaban J connectivity index is 0.000000678. The molecule has 1 aliphatic rings. The molecule has 2 aromatic carbocycles. The van der Waals surface area contributed by atoms with Crippen molar-refractivity contribution in [2.75, 3.05) is 33.4 Å². The molecule has 0 amide bonds. The summed E-state index contributed by atoms with van der Waals surface area (Å²) in [7, 11) is 2.05. The molecule has 1 aliphatic carbocycles. The number of carboxylic acid groups (broad SMARTS) is 2. The number of aliphatic hydroxyl groups is 1. The average molecular weight is 502 g/mol. The van der Waals surface area contributed by atoms with Crippen LogP contribution in [0.5, 0.6) is 0 Å². The van der Waals surface area contributed by atoms with E-state index in [1.165, 1.54) is 30.4 Å². The van der Waals surface area contributed by atoms with E-state index < -0.39 is 18.0 Å². The largest absolute Gasteiger partial charge is 0.473 e. The van der Waals surface area contributed by atoms with Crippen molar-refractivity contribution in [3.63, 3.8) is 0 Å². The minimum Gasteiger partial charge on any atom is -0.473 e. The summed E-state index contributed by atoms with van der Waals surface area (Å²) in [5.41, 5.74) is 2.35. The molecule has 36 heavy (non-hydrogen) atoms. The normalized spacial score (nSPS) is 14.8. The van der Waals surface area contributed by atoms with Crippen LogP contribution in [0.25, 0.3) is 0 Å². The molecule has 198 valence electrons. The minimum absolute atomic E-state index is 0.0489. The summed E-state index contributed by atoms with van der Waals surface area (Å²) >= 11 is 0. The van der Waals surface area contributed by atoms with Gasteiger partial charge in [0.1, 0.15) is 6.10 Å². The molecule has 0 bridgehead atoms. The number of carbonyl (C=O) groups is 2. The van der Waals surface area contributed by atoms with Crippen LogP contribution in [0.3, 0.4) is 0 Å².